The first-order valence-electron chi connectivity index (χ1n) is 15.1. The molecule has 51 heavy (non-hydrogen) atoms. The third-order valence-electron chi connectivity index (χ3n) is 7.24. The number of carbonyl (C=O) groups is 1. The molecule has 0 saturated carbocycles. The van der Waals surface area contributed by atoms with E-state index in [0.29, 0.717) is 25.7 Å². The number of rotatable bonds is 19. The SMILES string of the molecule is O=C(/C=C/c1cn([C@H]2C[C@H](O)[C@@H](COP(=O)(O)OP(=O)(O)OP(=O)(O)O)O2)c(=O)[nH]c1=O)NCCCCCCO[C@@H]1O[C@H](CO)[C@@H](O)[C@H](O)[C@H]1O. The van der Waals surface area contributed by atoms with Gasteiger partial charge in [-0.2, -0.15) is 8.62 Å². The molecule has 1 amide bonds. The number of amides is 1. The molecule has 3 rings (SSSR count). The summed E-state index contributed by atoms with van der Waals surface area (Å²) in [6, 6.07) is 0. The van der Waals surface area contributed by atoms with Crippen LogP contribution in [-0.2, 0) is 45.8 Å². The van der Waals surface area contributed by atoms with Crippen molar-refractivity contribution >= 4 is 35.5 Å². The molecule has 11 N–H and O–H groups in total. The monoisotopic (exact) mass is 799 g/mol. The second kappa shape index (κ2) is 18.8. The van der Waals surface area contributed by atoms with Gasteiger partial charge in [0.2, 0.25) is 5.91 Å². The number of aliphatic hydroxyl groups excluding tert-OH is 5. The van der Waals surface area contributed by atoms with Gasteiger partial charge in [-0.1, -0.05) is 12.8 Å². The summed E-state index contributed by atoms with van der Waals surface area (Å²) in [5, 5.41) is 51.7. The van der Waals surface area contributed by atoms with E-state index in [1.165, 1.54) is 0 Å². The van der Waals surface area contributed by atoms with Crippen molar-refractivity contribution in [1.29, 1.82) is 0 Å². The van der Waals surface area contributed by atoms with E-state index < -0.39 is 103 Å². The Labute approximate surface area is 287 Å². The number of H-pyrrole nitrogens is 1. The summed E-state index contributed by atoms with van der Waals surface area (Å²) in [5.41, 5.74) is -2.01. The Morgan fingerprint density at radius 2 is 1.63 bits per heavy atom. The fourth-order valence-corrected chi connectivity index (χ4v) is 7.79. The van der Waals surface area contributed by atoms with E-state index in [1.54, 1.807) is 0 Å². The number of aliphatic hydroxyl groups is 5. The number of carbonyl (C=O) groups excluding carboxylic acids is 1. The van der Waals surface area contributed by atoms with E-state index in [9.17, 15) is 63.4 Å². The molecule has 27 heteroatoms. The van der Waals surface area contributed by atoms with Gasteiger partial charge in [0.1, 0.15) is 36.7 Å². The second-order valence-corrected chi connectivity index (χ2v) is 15.6. The first-order chi connectivity index (χ1) is 23.7. The molecule has 0 aliphatic carbocycles. The van der Waals surface area contributed by atoms with E-state index in [0.717, 1.165) is 22.9 Å². The summed E-state index contributed by atoms with van der Waals surface area (Å²) in [6.45, 7) is -1.13. The average Bonchev–Trinajstić information content (AvgIpc) is 3.38. The maximum atomic E-state index is 12.4. The van der Waals surface area contributed by atoms with E-state index in [1.807, 2.05) is 4.98 Å². The highest BCUT2D eigenvalue weighted by Crippen LogP contribution is 2.66. The molecule has 1 aromatic rings. The number of hydrogen-bond acceptors (Lipinski definition) is 17. The van der Waals surface area contributed by atoms with Crippen LogP contribution in [0.4, 0.5) is 0 Å². The highest BCUT2D eigenvalue weighted by atomic mass is 31.3. The van der Waals surface area contributed by atoms with E-state index in [4.69, 9.17) is 24.0 Å². The lowest BCUT2D eigenvalue weighted by atomic mass is 9.99. The number of phosphoric ester groups is 1. The number of aromatic amines is 1. The van der Waals surface area contributed by atoms with Crippen molar-refractivity contribution in [2.75, 3.05) is 26.4 Å². The Balaban J connectivity index is 1.43. The molecule has 292 valence electrons. The Morgan fingerprint density at radius 1 is 0.941 bits per heavy atom. The number of nitrogens with zero attached hydrogens (tertiary/aromatic N) is 1. The highest BCUT2D eigenvalue weighted by molar-refractivity contribution is 7.66. The van der Waals surface area contributed by atoms with Crippen molar-refractivity contribution in [2.24, 2.45) is 0 Å². The van der Waals surface area contributed by atoms with Crippen LogP contribution in [0.15, 0.2) is 21.9 Å². The number of aromatic nitrogens is 2. The summed E-state index contributed by atoms with van der Waals surface area (Å²) >= 11 is 0. The van der Waals surface area contributed by atoms with Gasteiger partial charge in [0.25, 0.3) is 5.56 Å². The summed E-state index contributed by atoms with van der Waals surface area (Å²) in [6.07, 6.45) is -5.70. The third-order valence-corrected chi connectivity index (χ3v) is 11.0. The van der Waals surface area contributed by atoms with E-state index >= 15 is 0 Å². The van der Waals surface area contributed by atoms with Gasteiger partial charge in [-0.15, -0.1) is 0 Å². The van der Waals surface area contributed by atoms with Gasteiger partial charge in [-0.3, -0.25) is 23.7 Å². The topological polar surface area (TPSA) is 373 Å². The predicted molar refractivity (Wildman–Crippen MR) is 166 cm³/mol. The number of unbranched alkanes of at least 4 members (excludes halogenated alkanes) is 3. The largest absolute Gasteiger partial charge is 0.490 e. The summed E-state index contributed by atoms with van der Waals surface area (Å²) in [5.74, 6) is -0.572. The Bertz CT molecular complexity index is 1610. The molecule has 10 atom stereocenters. The van der Waals surface area contributed by atoms with Crippen molar-refractivity contribution in [3.8, 4) is 0 Å². The minimum atomic E-state index is -5.78. The highest BCUT2D eigenvalue weighted by Gasteiger charge is 2.44. The third kappa shape index (κ3) is 13.7. The van der Waals surface area contributed by atoms with Gasteiger partial charge >= 0.3 is 29.2 Å². The zero-order chi connectivity index (χ0) is 38.1. The van der Waals surface area contributed by atoms with Crippen LogP contribution in [0.25, 0.3) is 6.08 Å². The maximum absolute atomic E-state index is 12.4. The summed E-state index contributed by atoms with van der Waals surface area (Å²) < 4.78 is 62.8. The minimum absolute atomic E-state index is 0.155. The Hall–Kier alpha value is -2.02. The van der Waals surface area contributed by atoms with Crippen LogP contribution in [-0.4, -0.2) is 130 Å². The van der Waals surface area contributed by atoms with Crippen LogP contribution in [0.1, 0.15) is 43.9 Å². The lowest BCUT2D eigenvalue weighted by Crippen LogP contribution is -2.59. The quantitative estimate of drug-likeness (QED) is 0.0378. The van der Waals surface area contributed by atoms with Crippen LogP contribution in [0.3, 0.4) is 0 Å². The minimum Gasteiger partial charge on any atom is -0.394 e. The fourth-order valence-electron chi connectivity index (χ4n) is 4.76. The molecule has 0 aromatic carbocycles. The van der Waals surface area contributed by atoms with Gasteiger partial charge < -0.3 is 64.6 Å². The first kappa shape index (κ1) is 43.4. The van der Waals surface area contributed by atoms with Gasteiger partial charge in [-0.05, 0) is 18.9 Å². The molecule has 2 fully saturated rings. The molecule has 0 spiro atoms. The standard InChI is InChI=1S/C24H40N3O21P3/c28-11-15-19(31)20(32)21(33)23(46-15)43-8-4-2-1-3-7-25-17(30)6-5-13-10-27(24(35)26-22(13)34)18-9-14(29)16(45-18)12-44-50(39,40)48-51(41,42)47-49(36,37)38/h5-6,10,14-16,18-21,23,28-29,31-33H,1-4,7-9,11-12H2,(H,25,30)(H,39,40)(H,41,42)(H,26,34,35)(H2,36,37,38)/b6-5+/t14-,15+,16+,18+,19+,20-,21+,23+/m0/s1. The van der Waals surface area contributed by atoms with E-state index in [-0.39, 0.29) is 25.1 Å². The second-order valence-electron chi connectivity index (χ2n) is 11.2. The lowest BCUT2D eigenvalue weighted by molar-refractivity contribution is -0.301. The number of nitrogens with one attached hydrogen (secondary N) is 2. The van der Waals surface area contributed by atoms with Crippen LogP contribution >= 0.6 is 23.5 Å². The molecule has 2 saturated heterocycles. The zero-order valence-electron chi connectivity index (χ0n) is 26.4. The summed E-state index contributed by atoms with van der Waals surface area (Å²) in [7, 11) is -16.9. The molecular weight excluding hydrogens is 759 g/mol. The molecule has 24 nitrogen and oxygen atoms in total. The van der Waals surface area contributed by atoms with Crippen molar-refractivity contribution in [3.05, 3.63) is 38.7 Å². The lowest BCUT2D eigenvalue weighted by Gasteiger charge is -2.39. The Morgan fingerprint density at radius 3 is 2.29 bits per heavy atom. The van der Waals surface area contributed by atoms with Crippen LogP contribution in [0, 0.1) is 0 Å². The molecule has 2 aliphatic heterocycles. The summed E-state index contributed by atoms with van der Waals surface area (Å²) in [4.78, 5) is 75.1. The zero-order valence-corrected chi connectivity index (χ0v) is 29.1. The molecule has 2 aliphatic rings. The van der Waals surface area contributed by atoms with Crippen molar-refractivity contribution < 1.29 is 91.0 Å². The van der Waals surface area contributed by atoms with Crippen molar-refractivity contribution in [3.63, 3.8) is 0 Å². The normalized spacial score (nSPS) is 29.5. The van der Waals surface area contributed by atoms with Crippen LogP contribution in [0.5, 0.6) is 0 Å². The molecule has 2 unspecified atom stereocenters. The van der Waals surface area contributed by atoms with Gasteiger partial charge in [0.05, 0.1) is 24.9 Å². The van der Waals surface area contributed by atoms with Crippen LogP contribution < -0.4 is 16.6 Å². The number of phosphoric acid groups is 3. The smallest absolute Gasteiger partial charge is 0.394 e. The van der Waals surface area contributed by atoms with Gasteiger partial charge in [0.15, 0.2) is 6.29 Å². The van der Waals surface area contributed by atoms with Gasteiger partial charge in [-0.25, -0.2) is 18.5 Å². The van der Waals surface area contributed by atoms with Crippen molar-refractivity contribution in [2.45, 2.75) is 81.2 Å². The van der Waals surface area contributed by atoms with Gasteiger partial charge in [0, 0.05) is 31.8 Å². The average molecular weight is 800 g/mol. The Kier molecular flexibility index (Phi) is 16.0. The first-order valence-corrected chi connectivity index (χ1v) is 19.6. The van der Waals surface area contributed by atoms with Crippen molar-refractivity contribution in [1.82, 2.24) is 14.9 Å². The molecule has 0 radical (unpaired) electrons. The molecule has 0 bridgehead atoms. The molecule has 1 aromatic heterocycles. The predicted octanol–water partition coefficient (Wildman–Crippen LogP) is -2.97. The van der Waals surface area contributed by atoms with Crippen LogP contribution in [0.2, 0.25) is 0 Å². The van der Waals surface area contributed by atoms with E-state index in [2.05, 4.69) is 18.5 Å². The number of hydrogen-bond donors (Lipinski definition) is 11. The molecule has 3 heterocycles. The fraction of sp³-hybridized carbons (Fsp3) is 0.708. The number of ether oxygens (including phenoxy) is 3. The maximum Gasteiger partial charge on any atom is 0.490 e. The molecular formula is C24H40N3O21P3.